The minimum absolute atomic E-state index is 0.103. The van der Waals surface area contributed by atoms with E-state index in [-0.39, 0.29) is 12.0 Å². The van der Waals surface area contributed by atoms with Crippen LogP contribution < -0.4 is 0 Å². The number of hydrogen-bond acceptors (Lipinski definition) is 2. The maximum Gasteiger partial charge on any atom is 0.0821 e. The number of nitrogens with zero attached hydrogens (tertiary/aromatic N) is 1. The Morgan fingerprint density at radius 3 is 2.47 bits per heavy atom. The summed E-state index contributed by atoms with van der Waals surface area (Å²) in [5.41, 5.74) is 1.19. The van der Waals surface area contributed by atoms with Gasteiger partial charge in [-0.25, -0.2) is 0 Å². The predicted octanol–water partition coefficient (Wildman–Crippen LogP) is 3.31. The van der Waals surface area contributed by atoms with Gasteiger partial charge in [0.25, 0.3) is 0 Å². The van der Waals surface area contributed by atoms with E-state index in [1.54, 1.807) is 7.11 Å². The zero-order valence-electron chi connectivity index (χ0n) is 9.31. The van der Waals surface area contributed by atoms with E-state index in [9.17, 15) is 0 Å². The number of ether oxygens (including phenoxy) is 1. The Labute approximate surface area is 91.5 Å². The number of benzene rings is 1. The van der Waals surface area contributed by atoms with Gasteiger partial charge in [0, 0.05) is 13.0 Å². The fourth-order valence-corrected chi connectivity index (χ4v) is 1.55. The lowest BCUT2D eigenvalue weighted by atomic mass is 9.99. The van der Waals surface area contributed by atoms with Crippen LogP contribution in [-0.2, 0) is 4.74 Å². The Bertz CT molecular complexity index is 315. The standard InChI is InChI=1S/C13H17NO/c1-11(10-14)8-9-13(15-2)12-6-4-3-5-7-12/h3-7,11,13H,8-9H2,1-2H3. The predicted molar refractivity (Wildman–Crippen MR) is 60.2 cm³/mol. The first-order chi connectivity index (χ1) is 7.27. The van der Waals surface area contributed by atoms with Crippen LogP contribution in [0.3, 0.4) is 0 Å². The SMILES string of the molecule is COC(CCC(C)C#N)c1ccccc1. The summed E-state index contributed by atoms with van der Waals surface area (Å²) in [5.74, 6) is 0.103. The van der Waals surface area contributed by atoms with Crippen molar-refractivity contribution in [2.45, 2.75) is 25.9 Å². The van der Waals surface area contributed by atoms with E-state index in [2.05, 4.69) is 18.2 Å². The summed E-state index contributed by atoms with van der Waals surface area (Å²) < 4.78 is 5.42. The summed E-state index contributed by atoms with van der Waals surface area (Å²) in [6, 6.07) is 12.4. The molecule has 1 aromatic rings. The Balaban J connectivity index is 2.54. The molecule has 0 saturated carbocycles. The second-order valence-corrected chi connectivity index (χ2v) is 3.74. The minimum atomic E-state index is 0.103. The Kier molecular flexibility index (Phi) is 4.86. The molecule has 0 fully saturated rings. The Morgan fingerprint density at radius 2 is 1.93 bits per heavy atom. The van der Waals surface area contributed by atoms with E-state index in [0.29, 0.717) is 0 Å². The molecule has 1 rings (SSSR count). The van der Waals surface area contributed by atoms with E-state index in [4.69, 9.17) is 10.00 Å². The lowest BCUT2D eigenvalue weighted by Crippen LogP contribution is -2.03. The number of rotatable bonds is 5. The molecule has 0 bridgehead atoms. The smallest absolute Gasteiger partial charge is 0.0821 e. The van der Waals surface area contributed by atoms with E-state index >= 15 is 0 Å². The number of methoxy groups -OCH3 is 1. The molecule has 0 amide bonds. The topological polar surface area (TPSA) is 33.0 Å². The fraction of sp³-hybridized carbons (Fsp3) is 0.462. The first-order valence-electron chi connectivity index (χ1n) is 5.25. The molecular formula is C13H17NO. The zero-order valence-corrected chi connectivity index (χ0v) is 9.31. The number of nitriles is 1. The summed E-state index contributed by atoms with van der Waals surface area (Å²) in [7, 11) is 1.72. The van der Waals surface area contributed by atoms with Gasteiger partial charge in [0.1, 0.15) is 0 Å². The van der Waals surface area contributed by atoms with E-state index < -0.39 is 0 Å². The average Bonchev–Trinajstić information content (AvgIpc) is 2.31. The normalized spacial score (nSPS) is 14.2. The van der Waals surface area contributed by atoms with Crippen molar-refractivity contribution in [1.29, 1.82) is 5.26 Å². The molecule has 0 spiro atoms. The maximum atomic E-state index is 8.70. The van der Waals surface area contributed by atoms with Crippen molar-refractivity contribution < 1.29 is 4.74 Å². The molecule has 2 heteroatoms. The molecule has 15 heavy (non-hydrogen) atoms. The molecule has 0 aliphatic carbocycles. The van der Waals surface area contributed by atoms with Crippen molar-refractivity contribution in [2.75, 3.05) is 7.11 Å². The molecule has 0 saturated heterocycles. The van der Waals surface area contributed by atoms with Crippen molar-refractivity contribution in [1.82, 2.24) is 0 Å². The molecular weight excluding hydrogens is 186 g/mol. The highest BCUT2D eigenvalue weighted by Gasteiger charge is 2.11. The van der Waals surface area contributed by atoms with Crippen molar-refractivity contribution in [3.63, 3.8) is 0 Å². The molecule has 1 aromatic carbocycles. The van der Waals surface area contributed by atoms with Gasteiger partial charge in [0.2, 0.25) is 0 Å². The first kappa shape index (κ1) is 11.7. The van der Waals surface area contributed by atoms with Gasteiger partial charge in [-0.2, -0.15) is 5.26 Å². The quantitative estimate of drug-likeness (QED) is 0.735. The van der Waals surface area contributed by atoms with Crippen LogP contribution in [0.4, 0.5) is 0 Å². The van der Waals surface area contributed by atoms with Crippen LogP contribution in [0.15, 0.2) is 30.3 Å². The molecule has 0 heterocycles. The highest BCUT2D eigenvalue weighted by Crippen LogP contribution is 2.23. The largest absolute Gasteiger partial charge is 0.377 e. The van der Waals surface area contributed by atoms with Crippen molar-refractivity contribution in [3.8, 4) is 6.07 Å². The van der Waals surface area contributed by atoms with Crippen molar-refractivity contribution >= 4 is 0 Å². The summed E-state index contributed by atoms with van der Waals surface area (Å²) in [5, 5.41) is 8.70. The van der Waals surface area contributed by atoms with Gasteiger partial charge in [-0.15, -0.1) is 0 Å². The van der Waals surface area contributed by atoms with Crippen LogP contribution in [0.25, 0.3) is 0 Å². The van der Waals surface area contributed by atoms with Crippen LogP contribution in [0.5, 0.6) is 0 Å². The molecule has 0 aliphatic heterocycles. The van der Waals surface area contributed by atoms with Gasteiger partial charge >= 0.3 is 0 Å². The third kappa shape index (κ3) is 3.73. The van der Waals surface area contributed by atoms with E-state index in [1.165, 1.54) is 5.56 Å². The zero-order chi connectivity index (χ0) is 11.1. The summed E-state index contributed by atoms with van der Waals surface area (Å²) in [4.78, 5) is 0. The third-order valence-corrected chi connectivity index (χ3v) is 2.54. The molecule has 0 aromatic heterocycles. The number of hydrogen-bond donors (Lipinski definition) is 0. The van der Waals surface area contributed by atoms with Crippen LogP contribution in [0.2, 0.25) is 0 Å². The van der Waals surface area contributed by atoms with Crippen LogP contribution >= 0.6 is 0 Å². The molecule has 2 nitrogen and oxygen atoms in total. The average molecular weight is 203 g/mol. The fourth-order valence-electron chi connectivity index (χ4n) is 1.55. The molecule has 2 atom stereocenters. The Morgan fingerprint density at radius 1 is 1.27 bits per heavy atom. The van der Waals surface area contributed by atoms with Crippen molar-refractivity contribution in [3.05, 3.63) is 35.9 Å². The van der Waals surface area contributed by atoms with Gasteiger partial charge in [-0.1, -0.05) is 30.3 Å². The van der Waals surface area contributed by atoms with Crippen molar-refractivity contribution in [2.24, 2.45) is 5.92 Å². The van der Waals surface area contributed by atoms with Gasteiger partial charge in [0.15, 0.2) is 0 Å². The van der Waals surface area contributed by atoms with Gasteiger partial charge < -0.3 is 4.74 Å². The highest BCUT2D eigenvalue weighted by atomic mass is 16.5. The summed E-state index contributed by atoms with van der Waals surface area (Å²) in [6.45, 7) is 1.94. The summed E-state index contributed by atoms with van der Waals surface area (Å²) in [6.07, 6.45) is 1.89. The Hall–Kier alpha value is -1.33. The molecule has 2 unspecified atom stereocenters. The maximum absolute atomic E-state index is 8.70. The lowest BCUT2D eigenvalue weighted by Gasteiger charge is -2.16. The van der Waals surface area contributed by atoms with Crippen LogP contribution in [-0.4, -0.2) is 7.11 Å². The van der Waals surface area contributed by atoms with E-state index in [0.717, 1.165) is 12.8 Å². The van der Waals surface area contributed by atoms with Gasteiger partial charge in [-0.3, -0.25) is 0 Å². The van der Waals surface area contributed by atoms with E-state index in [1.807, 2.05) is 25.1 Å². The lowest BCUT2D eigenvalue weighted by molar-refractivity contribution is 0.0917. The second-order valence-electron chi connectivity index (χ2n) is 3.74. The van der Waals surface area contributed by atoms with Crippen LogP contribution in [0.1, 0.15) is 31.4 Å². The second kappa shape index (κ2) is 6.21. The van der Waals surface area contributed by atoms with Gasteiger partial charge in [0.05, 0.1) is 12.2 Å². The van der Waals surface area contributed by atoms with Crippen LogP contribution in [0, 0.1) is 17.2 Å². The minimum Gasteiger partial charge on any atom is -0.377 e. The molecule has 0 radical (unpaired) electrons. The molecule has 0 N–H and O–H groups in total. The summed E-state index contributed by atoms with van der Waals surface area (Å²) >= 11 is 0. The monoisotopic (exact) mass is 203 g/mol. The molecule has 0 aliphatic rings. The molecule has 80 valence electrons. The highest BCUT2D eigenvalue weighted by molar-refractivity contribution is 5.17. The van der Waals surface area contributed by atoms with Gasteiger partial charge in [-0.05, 0) is 25.3 Å². The third-order valence-electron chi connectivity index (χ3n) is 2.54. The first-order valence-corrected chi connectivity index (χ1v) is 5.25.